The van der Waals surface area contributed by atoms with E-state index in [1.54, 1.807) is 18.2 Å². The maximum atomic E-state index is 12.5. The summed E-state index contributed by atoms with van der Waals surface area (Å²) >= 11 is 1.28. The number of aliphatic imine (C=N–C) groups is 1. The van der Waals surface area contributed by atoms with Crippen LogP contribution in [0.2, 0.25) is 0 Å². The lowest BCUT2D eigenvalue weighted by atomic mass is 10.1. The molecular formula is C25H26N4O4S. The quantitative estimate of drug-likeness (QED) is 0.432. The number of fused-ring (bicyclic) bond motifs is 1. The molecule has 0 unspecified atom stereocenters. The van der Waals surface area contributed by atoms with Crippen LogP contribution >= 0.6 is 11.8 Å². The van der Waals surface area contributed by atoms with Gasteiger partial charge in [-0.1, -0.05) is 23.8 Å². The molecule has 0 aliphatic carbocycles. The van der Waals surface area contributed by atoms with Crippen molar-refractivity contribution in [3.05, 3.63) is 58.7 Å². The van der Waals surface area contributed by atoms with Crippen molar-refractivity contribution in [1.29, 1.82) is 5.41 Å². The highest BCUT2D eigenvalue weighted by Crippen LogP contribution is 2.32. The molecule has 34 heavy (non-hydrogen) atoms. The Morgan fingerprint density at radius 1 is 1.00 bits per heavy atom. The summed E-state index contributed by atoms with van der Waals surface area (Å²) in [6, 6.07) is 11.4. The number of nitrogens with one attached hydrogen (secondary N) is 1. The smallest absolute Gasteiger partial charge is 0.283 e. The number of ether oxygens (including phenoxy) is 3. The minimum atomic E-state index is -0.463. The maximum Gasteiger partial charge on any atom is 0.283 e. The van der Waals surface area contributed by atoms with Gasteiger partial charge in [-0.05, 0) is 74.9 Å². The highest BCUT2D eigenvalue weighted by molar-refractivity contribution is 8.26. The molecule has 0 aromatic heterocycles. The molecule has 2 aromatic carbocycles. The van der Waals surface area contributed by atoms with Crippen molar-refractivity contribution < 1.29 is 19.0 Å². The van der Waals surface area contributed by atoms with Crippen LogP contribution in [-0.2, 0) is 4.79 Å². The zero-order chi connectivity index (χ0) is 24.2. The van der Waals surface area contributed by atoms with Gasteiger partial charge in [0.15, 0.2) is 17.3 Å². The van der Waals surface area contributed by atoms with Crippen LogP contribution in [0.1, 0.15) is 30.5 Å². The van der Waals surface area contributed by atoms with Gasteiger partial charge in [0.2, 0.25) is 5.17 Å². The minimum absolute atomic E-state index is 0.00110. The molecule has 0 saturated carbocycles. The van der Waals surface area contributed by atoms with Crippen LogP contribution in [0.3, 0.4) is 0 Å². The first-order chi connectivity index (χ1) is 16.4. The molecule has 0 bridgehead atoms. The van der Waals surface area contributed by atoms with Crippen LogP contribution in [0.5, 0.6) is 17.2 Å². The number of amides is 1. The first kappa shape index (κ1) is 23.6. The molecule has 8 nitrogen and oxygen atoms in total. The Hall–Kier alpha value is -3.59. The van der Waals surface area contributed by atoms with Gasteiger partial charge in [-0.25, -0.2) is 0 Å². The van der Waals surface area contributed by atoms with Crippen molar-refractivity contribution in [2.45, 2.75) is 27.7 Å². The third-order valence-electron chi connectivity index (χ3n) is 5.06. The first-order valence-electron chi connectivity index (χ1n) is 10.9. The van der Waals surface area contributed by atoms with Crippen LogP contribution < -0.4 is 14.2 Å². The third-order valence-corrected chi connectivity index (χ3v) is 5.89. The fraction of sp³-hybridized carbons (Fsp3) is 0.280. The second-order valence-electron chi connectivity index (χ2n) is 7.74. The molecule has 1 N–H and O–H groups in total. The molecule has 0 saturated heterocycles. The van der Waals surface area contributed by atoms with E-state index >= 15 is 0 Å². The molecule has 9 heteroatoms. The predicted molar refractivity (Wildman–Crippen MR) is 135 cm³/mol. The van der Waals surface area contributed by atoms with E-state index in [2.05, 4.69) is 16.2 Å². The molecule has 2 heterocycles. The summed E-state index contributed by atoms with van der Waals surface area (Å²) in [5, 5.41) is 15.2. The number of hydrogen-bond donors (Lipinski definition) is 1. The van der Waals surface area contributed by atoms with E-state index in [9.17, 15) is 4.79 Å². The van der Waals surface area contributed by atoms with Crippen molar-refractivity contribution in [3.63, 3.8) is 0 Å². The van der Waals surface area contributed by atoms with Gasteiger partial charge >= 0.3 is 0 Å². The molecule has 2 aliphatic heterocycles. The second-order valence-corrected chi connectivity index (χ2v) is 8.90. The standard InChI is InChI=1S/C25H26N4O4S/c1-5-31-22-14-18(13-19-23(26)29-25(27-24(19)30)34-17(4)28-29)7-9-21(22)33-11-10-32-20-8-6-15(2)12-16(20)3/h6-9,12-14,26H,5,10-11H2,1-4H3/b19-13-,26-23?. The Labute approximate surface area is 202 Å². The average molecular weight is 479 g/mol. The molecule has 1 amide bonds. The van der Waals surface area contributed by atoms with Crippen molar-refractivity contribution in [2.24, 2.45) is 10.1 Å². The molecule has 0 atom stereocenters. The number of benzene rings is 2. The lowest BCUT2D eigenvalue weighted by Gasteiger charge is -2.20. The monoisotopic (exact) mass is 478 g/mol. The van der Waals surface area contributed by atoms with Crippen LogP contribution in [0, 0.1) is 19.3 Å². The predicted octanol–water partition coefficient (Wildman–Crippen LogP) is 4.80. The number of rotatable bonds is 8. The molecule has 0 spiro atoms. The second kappa shape index (κ2) is 10.1. The molecule has 2 aromatic rings. The van der Waals surface area contributed by atoms with E-state index in [1.165, 1.54) is 22.3 Å². The minimum Gasteiger partial charge on any atom is -0.490 e. The zero-order valence-electron chi connectivity index (χ0n) is 19.5. The van der Waals surface area contributed by atoms with Gasteiger partial charge in [0.25, 0.3) is 5.91 Å². The summed E-state index contributed by atoms with van der Waals surface area (Å²) in [5.74, 6) is 1.50. The normalized spacial score (nSPS) is 16.4. The summed E-state index contributed by atoms with van der Waals surface area (Å²) in [5.41, 5.74) is 3.14. The Morgan fingerprint density at radius 2 is 1.74 bits per heavy atom. The van der Waals surface area contributed by atoms with E-state index in [1.807, 2.05) is 45.9 Å². The van der Waals surface area contributed by atoms with E-state index in [0.717, 1.165) is 16.4 Å². The van der Waals surface area contributed by atoms with Gasteiger partial charge in [0.1, 0.15) is 19.0 Å². The summed E-state index contributed by atoms with van der Waals surface area (Å²) in [7, 11) is 0. The lowest BCUT2D eigenvalue weighted by molar-refractivity contribution is -0.114. The number of hydrogen-bond acceptors (Lipinski definition) is 7. The fourth-order valence-electron chi connectivity index (χ4n) is 3.52. The highest BCUT2D eigenvalue weighted by atomic mass is 32.2. The topological polar surface area (TPSA) is 96.6 Å². The SMILES string of the molecule is CCOc1cc(/C=C2/C(=N)N3N=C(C)SC3=NC2=O)ccc1OCCOc1ccc(C)cc1C. The van der Waals surface area contributed by atoms with Crippen molar-refractivity contribution >= 4 is 39.8 Å². The van der Waals surface area contributed by atoms with Gasteiger partial charge < -0.3 is 14.2 Å². The maximum absolute atomic E-state index is 12.5. The first-order valence-corrected chi connectivity index (χ1v) is 11.7. The van der Waals surface area contributed by atoms with Crippen molar-refractivity contribution in [1.82, 2.24) is 5.01 Å². The van der Waals surface area contributed by atoms with Crippen LogP contribution in [0.25, 0.3) is 6.08 Å². The van der Waals surface area contributed by atoms with Crippen LogP contribution in [-0.4, -0.2) is 46.8 Å². The lowest BCUT2D eigenvalue weighted by Crippen LogP contribution is -2.35. The van der Waals surface area contributed by atoms with E-state index < -0.39 is 5.91 Å². The number of carbonyl (C=O) groups is 1. The molecule has 176 valence electrons. The van der Waals surface area contributed by atoms with E-state index in [0.29, 0.717) is 42.1 Å². The van der Waals surface area contributed by atoms with Crippen LogP contribution in [0.4, 0.5) is 0 Å². The Morgan fingerprint density at radius 3 is 2.47 bits per heavy atom. The summed E-state index contributed by atoms with van der Waals surface area (Å²) < 4.78 is 17.5. The number of aryl methyl sites for hydroxylation is 2. The van der Waals surface area contributed by atoms with Gasteiger partial charge in [-0.15, -0.1) is 0 Å². The summed E-state index contributed by atoms with van der Waals surface area (Å²) in [6.07, 6.45) is 1.62. The summed E-state index contributed by atoms with van der Waals surface area (Å²) in [6.45, 7) is 8.96. The van der Waals surface area contributed by atoms with Gasteiger partial charge in [0.05, 0.1) is 17.2 Å². The highest BCUT2D eigenvalue weighted by Gasteiger charge is 2.34. The summed E-state index contributed by atoms with van der Waals surface area (Å²) in [4.78, 5) is 16.6. The number of carbonyl (C=O) groups excluding carboxylic acids is 1. The van der Waals surface area contributed by atoms with Crippen molar-refractivity contribution in [2.75, 3.05) is 19.8 Å². The Kier molecular flexibility index (Phi) is 7.02. The third kappa shape index (κ3) is 5.14. The molecule has 2 aliphatic rings. The van der Waals surface area contributed by atoms with Gasteiger partial charge in [-0.3, -0.25) is 10.2 Å². The van der Waals surface area contributed by atoms with Gasteiger partial charge in [0, 0.05) is 0 Å². The average Bonchev–Trinajstić information content (AvgIpc) is 3.17. The number of nitrogens with zero attached hydrogens (tertiary/aromatic N) is 3. The number of hydrazone groups is 1. The van der Waals surface area contributed by atoms with Crippen molar-refractivity contribution in [3.8, 4) is 17.2 Å². The van der Waals surface area contributed by atoms with E-state index in [4.69, 9.17) is 19.6 Å². The molecular weight excluding hydrogens is 452 g/mol. The Bertz CT molecular complexity index is 1240. The largest absolute Gasteiger partial charge is 0.490 e. The van der Waals surface area contributed by atoms with E-state index in [-0.39, 0.29) is 11.4 Å². The molecule has 0 fully saturated rings. The zero-order valence-corrected chi connectivity index (χ0v) is 20.4. The van der Waals surface area contributed by atoms with Gasteiger partial charge in [-0.2, -0.15) is 15.1 Å². The fourth-order valence-corrected chi connectivity index (χ4v) is 4.25. The van der Waals surface area contributed by atoms with Crippen LogP contribution in [0.15, 0.2) is 52.1 Å². The molecule has 4 rings (SSSR count). The number of amidine groups is 2. The Balaban J connectivity index is 1.46. The number of thioether (sulfide) groups is 1. The molecule has 0 radical (unpaired) electrons.